The fourth-order valence-corrected chi connectivity index (χ4v) is 7.89. The van der Waals surface area contributed by atoms with Gasteiger partial charge in [0.15, 0.2) is 5.13 Å². The third-order valence-electron chi connectivity index (χ3n) is 9.20. The van der Waals surface area contributed by atoms with Crippen molar-refractivity contribution in [1.82, 2.24) is 10.3 Å². The van der Waals surface area contributed by atoms with Crippen molar-refractivity contribution in [3.05, 3.63) is 40.4 Å². The lowest BCUT2D eigenvalue weighted by Crippen LogP contribution is -2.58. The van der Waals surface area contributed by atoms with Gasteiger partial charge in [-0.3, -0.25) is 14.9 Å². The summed E-state index contributed by atoms with van der Waals surface area (Å²) >= 11 is 1.39. The number of carbonyl (C=O) groups excluding carboxylic acids is 2. The number of carbonyl (C=O) groups is 2. The second-order valence-electron chi connectivity index (χ2n) is 12.3. The van der Waals surface area contributed by atoms with Crippen LogP contribution >= 0.6 is 11.3 Å². The molecule has 2 aliphatic carbocycles. The Kier molecular flexibility index (Phi) is 9.24. The van der Waals surface area contributed by atoms with Gasteiger partial charge in [-0.2, -0.15) is 0 Å². The molecule has 2 aromatic rings. The molecule has 5 N–H and O–H groups in total. The van der Waals surface area contributed by atoms with Gasteiger partial charge in [-0.25, -0.2) is 4.98 Å². The second-order valence-corrected chi connectivity index (χ2v) is 13.4. The molecular weight excluding hydrogens is 530 g/mol. The van der Waals surface area contributed by atoms with E-state index in [9.17, 15) is 24.9 Å². The summed E-state index contributed by atoms with van der Waals surface area (Å²) in [6.07, 6.45) is 1.99. The third-order valence-corrected chi connectivity index (χ3v) is 10.2. The fourth-order valence-electron chi connectivity index (χ4n) is 6.83. The summed E-state index contributed by atoms with van der Waals surface area (Å²) in [5.74, 6) is 0.160. The van der Waals surface area contributed by atoms with Gasteiger partial charge >= 0.3 is 0 Å². The van der Waals surface area contributed by atoms with E-state index in [1.807, 2.05) is 20.8 Å². The molecular formula is C30H43N3O6S. The van der Waals surface area contributed by atoms with E-state index in [4.69, 9.17) is 9.72 Å². The number of benzene rings is 1. The standard InChI is InChI=1S/C30H43N3O6S/c1-17(2)12-19(15-34)31-25(37)13-21-26-22(14-23-29(21,3)11-10-24(36)30(23,4)16-35)40-28(32-26)33-27(38)18-6-8-20(39-5)9-7-18/h6-9,17,19,21,23-24,34-36H,10-16H2,1-5H3,(H,31,37)(H,32,33,38). The van der Waals surface area contributed by atoms with Crippen LogP contribution in [0.4, 0.5) is 5.13 Å². The van der Waals surface area contributed by atoms with Crippen molar-refractivity contribution >= 4 is 28.3 Å². The van der Waals surface area contributed by atoms with Gasteiger partial charge in [-0.1, -0.05) is 27.7 Å². The number of aliphatic hydroxyl groups excluding tert-OH is 3. The highest BCUT2D eigenvalue weighted by atomic mass is 32.1. The molecule has 220 valence electrons. The molecule has 6 atom stereocenters. The zero-order valence-electron chi connectivity index (χ0n) is 24.1. The van der Waals surface area contributed by atoms with Crippen molar-refractivity contribution < 1.29 is 29.6 Å². The molecule has 9 nitrogen and oxygen atoms in total. The molecule has 0 aliphatic heterocycles. The average molecular weight is 574 g/mol. The Labute approximate surface area is 240 Å². The Balaban J connectivity index is 1.66. The van der Waals surface area contributed by atoms with Gasteiger partial charge in [0.1, 0.15) is 5.75 Å². The van der Waals surface area contributed by atoms with E-state index in [0.29, 0.717) is 48.0 Å². The molecule has 0 saturated heterocycles. The van der Waals surface area contributed by atoms with E-state index in [1.165, 1.54) is 11.3 Å². The smallest absolute Gasteiger partial charge is 0.257 e. The van der Waals surface area contributed by atoms with Crippen LogP contribution in [-0.2, 0) is 11.2 Å². The van der Waals surface area contributed by atoms with Crippen LogP contribution in [0, 0.1) is 22.7 Å². The number of amides is 2. The predicted molar refractivity (Wildman–Crippen MR) is 155 cm³/mol. The Morgan fingerprint density at radius 3 is 2.50 bits per heavy atom. The number of nitrogens with zero attached hydrogens (tertiary/aromatic N) is 1. The van der Waals surface area contributed by atoms with Gasteiger partial charge in [0.25, 0.3) is 5.91 Å². The first-order valence-corrected chi connectivity index (χ1v) is 14.9. The number of hydrogen-bond donors (Lipinski definition) is 5. The van der Waals surface area contributed by atoms with Gasteiger partial charge in [-0.15, -0.1) is 11.3 Å². The van der Waals surface area contributed by atoms with Gasteiger partial charge in [0.2, 0.25) is 5.91 Å². The van der Waals surface area contributed by atoms with Crippen molar-refractivity contribution in [2.45, 2.75) is 77.9 Å². The summed E-state index contributed by atoms with van der Waals surface area (Å²) in [7, 11) is 1.57. The molecule has 1 aromatic heterocycles. The molecule has 1 aromatic carbocycles. The first-order valence-electron chi connectivity index (χ1n) is 14.1. The summed E-state index contributed by atoms with van der Waals surface area (Å²) in [6, 6.07) is 6.49. The molecule has 40 heavy (non-hydrogen) atoms. The monoisotopic (exact) mass is 573 g/mol. The topological polar surface area (TPSA) is 141 Å². The quantitative estimate of drug-likeness (QED) is 0.292. The summed E-state index contributed by atoms with van der Waals surface area (Å²) in [5.41, 5.74) is 0.132. The first-order chi connectivity index (χ1) is 18.9. The normalized spacial score (nSPS) is 28.4. The number of aliphatic hydroxyl groups is 3. The van der Waals surface area contributed by atoms with Crippen LogP contribution in [-0.4, -0.2) is 64.6 Å². The van der Waals surface area contributed by atoms with Crippen LogP contribution in [0.5, 0.6) is 5.75 Å². The van der Waals surface area contributed by atoms with Crippen LogP contribution in [0.3, 0.4) is 0 Å². The molecule has 1 saturated carbocycles. The molecule has 10 heteroatoms. The predicted octanol–water partition coefficient (Wildman–Crippen LogP) is 3.73. The minimum absolute atomic E-state index is 0.0889. The zero-order chi connectivity index (χ0) is 29.2. The maximum atomic E-state index is 13.4. The number of thiazole rings is 1. The molecule has 1 fully saturated rings. The summed E-state index contributed by atoms with van der Waals surface area (Å²) < 4.78 is 5.18. The highest BCUT2D eigenvalue weighted by Gasteiger charge is 2.59. The van der Waals surface area contributed by atoms with Crippen molar-refractivity contribution in [3.63, 3.8) is 0 Å². The van der Waals surface area contributed by atoms with E-state index in [2.05, 4.69) is 17.6 Å². The molecule has 6 unspecified atom stereocenters. The van der Waals surface area contributed by atoms with Crippen molar-refractivity contribution in [2.24, 2.45) is 22.7 Å². The minimum Gasteiger partial charge on any atom is -0.497 e. The van der Waals surface area contributed by atoms with Crippen LogP contribution in [0.2, 0.25) is 0 Å². The average Bonchev–Trinajstić information content (AvgIpc) is 3.33. The van der Waals surface area contributed by atoms with Crippen LogP contribution < -0.4 is 15.4 Å². The lowest BCUT2D eigenvalue weighted by atomic mass is 9.47. The Bertz CT molecular complexity index is 1200. The van der Waals surface area contributed by atoms with Crippen LogP contribution in [0.15, 0.2) is 24.3 Å². The Morgan fingerprint density at radius 1 is 1.20 bits per heavy atom. The molecule has 2 amide bonds. The van der Waals surface area contributed by atoms with Crippen LogP contribution in [0.1, 0.15) is 80.2 Å². The molecule has 2 aliphatic rings. The number of hydrogen-bond acceptors (Lipinski definition) is 8. The molecule has 0 spiro atoms. The first kappa shape index (κ1) is 30.4. The summed E-state index contributed by atoms with van der Waals surface area (Å²) in [5, 5.41) is 37.7. The maximum absolute atomic E-state index is 13.4. The number of nitrogens with one attached hydrogen (secondary N) is 2. The molecule has 0 bridgehead atoms. The molecule has 4 rings (SSSR count). The molecule has 1 heterocycles. The van der Waals surface area contributed by atoms with E-state index >= 15 is 0 Å². The van der Waals surface area contributed by atoms with E-state index < -0.39 is 16.9 Å². The van der Waals surface area contributed by atoms with E-state index in [-0.39, 0.29) is 49.3 Å². The number of aromatic nitrogens is 1. The minimum atomic E-state index is -0.735. The number of fused-ring (bicyclic) bond motifs is 2. The zero-order valence-corrected chi connectivity index (χ0v) is 24.9. The second kappa shape index (κ2) is 12.1. The number of ether oxygens (including phenoxy) is 1. The van der Waals surface area contributed by atoms with Crippen LogP contribution in [0.25, 0.3) is 0 Å². The Hall–Kier alpha value is -2.53. The van der Waals surface area contributed by atoms with Crippen molar-refractivity contribution in [2.75, 3.05) is 25.6 Å². The summed E-state index contributed by atoms with van der Waals surface area (Å²) in [6.45, 7) is 7.88. The number of rotatable bonds is 10. The highest BCUT2D eigenvalue weighted by molar-refractivity contribution is 7.15. The third kappa shape index (κ3) is 5.91. The number of methoxy groups -OCH3 is 1. The van der Waals surface area contributed by atoms with Crippen molar-refractivity contribution in [1.29, 1.82) is 0 Å². The fraction of sp³-hybridized carbons (Fsp3) is 0.633. The largest absolute Gasteiger partial charge is 0.497 e. The lowest BCUT2D eigenvalue weighted by Gasteiger charge is -2.58. The highest BCUT2D eigenvalue weighted by Crippen LogP contribution is 2.62. The maximum Gasteiger partial charge on any atom is 0.257 e. The molecule has 0 radical (unpaired) electrons. The van der Waals surface area contributed by atoms with Gasteiger partial charge in [0, 0.05) is 28.2 Å². The van der Waals surface area contributed by atoms with Gasteiger partial charge in [-0.05, 0) is 67.2 Å². The van der Waals surface area contributed by atoms with Gasteiger partial charge in [0.05, 0.1) is 38.2 Å². The van der Waals surface area contributed by atoms with Gasteiger partial charge < -0.3 is 25.4 Å². The van der Waals surface area contributed by atoms with E-state index in [1.54, 1.807) is 31.4 Å². The summed E-state index contributed by atoms with van der Waals surface area (Å²) in [4.78, 5) is 32.2. The lowest BCUT2D eigenvalue weighted by molar-refractivity contribution is -0.144. The Morgan fingerprint density at radius 2 is 1.90 bits per heavy atom. The SMILES string of the molecule is COc1ccc(C(=O)Nc2nc3c(s2)CC2C(C)(CO)C(O)CCC2(C)C3CC(=O)NC(CO)CC(C)C)cc1. The van der Waals surface area contributed by atoms with E-state index in [0.717, 1.165) is 10.6 Å². The van der Waals surface area contributed by atoms with Crippen molar-refractivity contribution in [3.8, 4) is 5.75 Å². The number of anilines is 1.